The molecule has 1 aliphatic rings. The molecule has 1 aromatic carbocycles. The number of benzene rings is 1. The van der Waals surface area contributed by atoms with Gasteiger partial charge in [0.05, 0.1) is 19.1 Å². The fraction of sp³-hybridized carbons (Fsp3) is 0.533. The molecule has 3 heteroatoms. The fourth-order valence-electron chi connectivity index (χ4n) is 2.70. The Labute approximate surface area is 108 Å². The molecule has 98 valence electrons. The van der Waals surface area contributed by atoms with Gasteiger partial charge in [-0.15, -0.1) is 0 Å². The van der Waals surface area contributed by atoms with E-state index in [9.17, 15) is 4.79 Å². The average Bonchev–Trinajstić information content (AvgIpc) is 2.69. The summed E-state index contributed by atoms with van der Waals surface area (Å²) in [5.74, 6) is 0.0696. The summed E-state index contributed by atoms with van der Waals surface area (Å²) in [5, 5.41) is 0. The van der Waals surface area contributed by atoms with Gasteiger partial charge >= 0.3 is 0 Å². The van der Waals surface area contributed by atoms with Gasteiger partial charge in [-0.1, -0.05) is 17.7 Å². The number of hydrogen-bond acceptors (Lipinski definition) is 3. The van der Waals surface area contributed by atoms with Crippen LogP contribution in [-0.2, 0) is 16.0 Å². The van der Waals surface area contributed by atoms with Crippen LogP contribution in [0.15, 0.2) is 12.1 Å². The lowest BCUT2D eigenvalue weighted by Crippen LogP contribution is -2.35. The Balaban J connectivity index is 2.17. The number of nitrogens with two attached hydrogens (primary N) is 1. The number of carbonyl (C=O) groups excluding carboxylic acids is 1. The number of Topliss-reactive ketones (excluding diaryl/α,β-unsaturated/α-hetero) is 1. The van der Waals surface area contributed by atoms with E-state index in [2.05, 4.69) is 32.9 Å². The maximum Gasteiger partial charge on any atom is 0.144 e. The van der Waals surface area contributed by atoms with Gasteiger partial charge < -0.3 is 10.5 Å². The lowest BCUT2D eigenvalue weighted by Gasteiger charge is -2.15. The van der Waals surface area contributed by atoms with Crippen LogP contribution in [0.25, 0.3) is 0 Å². The number of hydrogen-bond donors (Lipinski definition) is 1. The molecule has 1 fully saturated rings. The van der Waals surface area contributed by atoms with Crippen molar-refractivity contribution in [2.45, 2.75) is 33.2 Å². The third kappa shape index (κ3) is 2.62. The second-order valence-corrected chi connectivity index (χ2v) is 5.33. The second kappa shape index (κ2) is 5.21. The number of ether oxygens (including phenoxy) is 1. The van der Waals surface area contributed by atoms with E-state index in [0.29, 0.717) is 19.6 Å². The van der Waals surface area contributed by atoms with E-state index in [1.54, 1.807) is 0 Å². The normalized spacial score (nSPS) is 23.3. The predicted molar refractivity (Wildman–Crippen MR) is 71.6 cm³/mol. The van der Waals surface area contributed by atoms with Gasteiger partial charge in [-0.3, -0.25) is 4.79 Å². The van der Waals surface area contributed by atoms with Crippen LogP contribution in [-0.4, -0.2) is 25.0 Å². The maximum absolute atomic E-state index is 12.3. The Morgan fingerprint density at radius 1 is 1.28 bits per heavy atom. The first-order valence-corrected chi connectivity index (χ1v) is 6.42. The van der Waals surface area contributed by atoms with E-state index in [1.807, 2.05) is 0 Å². The molecule has 2 atom stereocenters. The highest BCUT2D eigenvalue weighted by molar-refractivity contribution is 5.85. The van der Waals surface area contributed by atoms with Gasteiger partial charge in [-0.2, -0.15) is 0 Å². The molecule has 0 amide bonds. The Morgan fingerprint density at radius 3 is 2.39 bits per heavy atom. The monoisotopic (exact) mass is 247 g/mol. The molecule has 1 aliphatic heterocycles. The Bertz CT molecular complexity index is 445. The van der Waals surface area contributed by atoms with Crippen LogP contribution in [0.3, 0.4) is 0 Å². The van der Waals surface area contributed by atoms with E-state index in [1.165, 1.54) is 16.7 Å². The van der Waals surface area contributed by atoms with Crippen LogP contribution in [0, 0.1) is 26.7 Å². The van der Waals surface area contributed by atoms with Crippen molar-refractivity contribution < 1.29 is 9.53 Å². The molecule has 0 aromatic heterocycles. The number of rotatable bonds is 3. The molecule has 0 bridgehead atoms. The van der Waals surface area contributed by atoms with Crippen molar-refractivity contribution in [1.29, 1.82) is 0 Å². The van der Waals surface area contributed by atoms with Crippen LogP contribution < -0.4 is 5.73 Å². The van der Waals surface area contributed by atoms with Crippen molar-refractivity contribution in [3.05, 3.63) is 34.4 Å². The van der Waals surface area contributed by atoms with Gasteiger partial charge in [-0.25, -0.2) is 0 Å². The Morgan fingerprint density at radius 2 is 1.89 bits per heavy atom. The molecule has 3 nitrogen and oxygen atoms in total. The SMILES string of the molecule is Cc1cc(C)c(CC(=O)C2COCC2N)c(C)c1. The van der Waals surface area contributed by atoms with Crippen molar-refractivity contribution in [1.82, 2.24) is 0 Å². The second-order valence-electron chi connectivity index (χ2n) is 5.33. The molecule has 0 spiro atoms. The van der Waals surface area contributed by atoms with E-state index < -0.39 is 0 Å². The van der Waals surface area contributed by atoms with Gasteiger partial charge in [0.2, 0.25) is 0 Å². The highest BCUT2D eigenvalue weighted by Crippen LogP contribution is 2.21. The molecular formula is C15H21NO2. The Kier molecular flexibility index (Phi) is 3.83. The standard InChI is InChI=1S/C15H21NO2/c1-9-4-10(2)12(11(3)5-9)6-15(17)13-7-18-8-14(13)16/h4-5,13-14H,6-8,16H2,1-3H3. The quantitative estimate of drug-likeness (QED) is 0.884. The lowest BCUT2D eigenvalue weighted by molar-refractivity contribution is -0.122. The lowest BCUT2D eigenvalue weighted by atomic mass is 9.90. The van der Waals surface area contributed by atoms with Crippen LogP contribution in [0.2, 0.25) is 0 Å². The highest BCUT2D eigenvalue weighted by Gasteiger charge is 2.31. The summed E-state index contributed by atoms with van der Waals surface area (Å²) in [4.78, 5) is 12.3. The molecule has 2 unspecified atom stereocenters. The molecular weight excluding hydrogens is 226 g/mol. The zero-order chi connectivity index (χ0) is 13.3. The van der Waals surface area contributed by atoms with Gasteiger partial charge in [0.25, 0.3) is 0 Å². The first-order chi connectivity index (χ1) is 8.49. The van der Waals surface area contributed by atoms with Crippen molar-refractivity contribution in [2.75, 3.05) is 13.2 Å². The first kappa shape index (κ1) is 13.2. The van der Waals surface area contributed by atoms with Crippen LogP contribution in [0.4, 0.5) is 0 Å². The molecule has 2 N–H and O–H groups in total. The summed E-state index contributed by atoms with van der Waals surface area (Å²) in [6, 6.07) is 4.12. The highest BCUT2D eigenvalue weighted by atomic mass is 16.5. The molecule has 0 aliphatic carbocycles. The minimum Gasteiger partial charge on any atom is -0.379 e. The van der Waals surface area contributed by atoms with E-state index in [-0.39, 0.29) is 17.7 Å². The van der Waals surface area contributed by atoms with E-state index in [0.717, 1.165) is 5.56 Å². The number of ketones is 1. The summed E-state index contributed by atoms with van der Waals surface area (Å²) in [6.45, 7) is 7.18. The van der Waals surface area contributed by atoms with E-state index >= 15 is 0 Å². The van der Waals surface area contributed by atoms with Gasteiger partial charge in [0.15, 0.2) is 0 Å². The van der Waals surface area contributed by atoms with Crippen molar-refractivity contribution in [2.24, 2.45) is 11.7 Å². The summed E-state index contributed by atoms with van der Waals surface area (Å²) < 4.78 is 5.26. The first-order valence-electron chi connectivity index (χ1n) is 6.42. The molecule has 1 heterocycles. The third-order valence-electron chi connectivity index (χ3n) is 3.73. The van der Waals surface area contributed by atoms with Crippen molar-refractivity contribution in [3.63, 3.8) is 0 Å². The predicted octanol–water partition coefficient (Wildman–Crippen LogP) is 1.70. The van der Waals surface area contributed by atoms with Gasteiger partial charge in [0, 0.05) is 12.5 Å². The molecule has 1 saturated heterocycles. The largest absolute Gasteiger partial charge is 0.379 e. The van der Waals surface area contributed by atoms with Crippen LogP contribution >= 0.6 is 0 Å². The minimum absolute atomic E-state index is 0.134. The number of aryl methyl sites for hydroxylation is 3. The molecule has 0 radical (unpaired) electrons. The molecule has 1 aromatic rings. The van der Waals surface area contributed by atoms with Gasteiger partial charge in [0.1, 0.15) is 5.78 Å². The van der Waals surface area contributed by atoms with Crippen molar-refractivity contribution in [3.8, 4) is 0 Å². The topological polar surface area (TPSA) is 52.3 Å². The zero-order valence-electron chi connectivity index (χ0n) is 11.3. The maximum atomic E-state index is 12.3. The van der Waals surface area contributed by atoms with E-state index in [4.69, 9.17) is 10.5 Å². The van der Waals surface area contributed by atoms with Crippen LogP contribution in [0.5, 0.6) is 0 Å². The Hall–Kier alpha value is -1.19. The zero-order valence-corrected chi connectivity index (χ0v) is 11.3. The van der Waals surface area contributed by atoms with Crippen molar-refractivity contribution >= 4 is 5.78 Å². The van der Waals surface area contributed by atoms with Gasteiger partial charge in [-0.05, 0) is 37.5 Å². The fourth-order valence-corrected chi connectivity index (χ4v) is 2.70. The summed E-state index contributed by atoms with van der Waals surface area (Å²) in [7, 11) is 0. The number of carbonyl (C=O) groups is 1. The summed E-state index contributed by atoms with van der Waals surface area (Å²) in [6.07, 6.45) is 0.472. The molecule has 18 heavy (non-hydrogen) atoms. The average molecular weight is 247 g/mol. The third-order valence-corrected chi connectivity index (χ3v) is 3.73. The van der Waals surface area contributed by atoms with Crippen LogP contribution in [0.1, 0.15) is 22.3 Å². The summed E-state index contributed by atoms with van der Waals surface area (Å²) in [5.41, 5.74) is 10.6. The minimum atomic E-state index is -0.136. The molecule has 0 saturated carbocycles. The summed E-state index contributed by atoms with van der Waals surface area (Å²) >= 11 is 0. The smallest absolute Gasteiger partial charge is 0.144 e. The molecule has 2 rings (SSSR count).